The van der Waals surface area contributed by atoms with E-state index in [0.717, 1.165) is 12.0 Å². The SMILES string of the molecule is CC[C@H](C)NC(=O)[C@H](CC)N(Cc1ccc(F)cc1)C(=O)CSCc1ccccc1F. The zero-order valence-electron chi connectivity index (χ0n) is 18.2. The Hall–Kier alpha value is -2.41. The molecule has 0 saturated heterocycles. The molecule has 0 spiro atoms. The van der Waals surface area contributed by atoms with Crippen molar-refractivity contribution in [3.63, 3.8) is 0 Å². The molecule has 168 valence electrons. The maximum Gasteiger partial charge on any atom is 0.243 e. The monoisotopic (exact) mass is 448 g/mol. The molecular formula is C24H30F2N2O2S. The summed E-state index contributed by atoms with van der Waals surface area (Å²) >= 11 is 1.31. The van der Waals surface area contributed by atoms with Crippen LogP contribution < -0.4 is 5.32 Å². The minimum Gasteiger partial charge on any atom is -0.352 e. The molecular weight excluding hydrogens is 418 g/mol. The molecule has 7 heteroatoms. The molecule has 0 saturated carbocycles. The minimum absolute atomic E-state index is 0.000228. The summed E-state index contributed by atoms with van der Waals surface area (Å²) in [7, 11) is 0. The standard InChI is InChI=1S/C24H30F2N2O2S/c1-4-17(3)27-24(30)22(5-2)28(14-18-10-12-20(25)13-11-18)23(29)16-31-15-19-8-6-7-9-21(19)26/h6-13,17,22H,4-5,14-16H2,1-3H3,(H,27,30)/t17-,22-/m0/s1. The highest BCUT2D eigenvalue weighted by Crippen LogP contribution is 2.19. The van der Waals surface area contributed by atoms with Crippen molar-refractivity contribution in [3.05, 3.63) is 71.3 Å². The van der Waals surface area contributed by atoms with Crippen LogP contribution in [0.15, 0.2) is 48.5 Å². The average molecular weight is 449 g/mol. The lowest BCUT2D eigenvalue weighted by molar-refractivity contribution is -0.139. The van der Waals surface area contributed by atoms with Crippen molar-refractivity contribution in [2.45, 2.75) is 58.0 Å². The first-order chi connectivity index (χ1) is 14.8. The van der Waals surface area contributed by atoms with Crippen LogP contribution in [0.2, 0.25) is 0 Å². The van der Waals surface area contributed by atoms with Crippen molar-refractivity contribution >= 4 is 23.6 Å². The molecule has 31 heavy (non-hydrogen) atoms. The van der Waals surface area contributed by atoms with E-state index in [1.165, 1.54) is 30.0 Å². The Morgan fingerprint density at radius 2 is 1.71 bits per heavy atom. The van der Waals surface area contributed by atoms with Crippen LogP contribution in [-0.2, 0) is 21.9 Å². The van der Waals surface area contributed by atoms with Gasteiger partial charge in [-0.05, 0) is 49.1 Å². The van der Waals surface area contributed by atoms with Crippen molar-refractivity contribution in [2.24, 2.45) is 0 Å². The molecule has 2 aromatic rings. The lowest BCUT2D eigenvalue weighted by atomic mass is 10.1. The van der Waals surface area contributed by atoms with Crippen LogP contribution in [0.3, 0.4) is 0 Å². The van der Waals surface area contributed by atoms with Gasteiger partial charge in [0.05, 0.1) is 5.75 Å². The van der Waals surface area contributed by atoms with Crippen LogP contribution >= 0.6 is 11.8 Å². The molecule has 0 bridgehead atoms. The molecule has 0 radical (unpaired) electrons. The lowest BCUT2D eigenvalue weighted by Gasteiger charge is -2.31. The predicted molar refractivity (Wildman–Crippen MR) is 121 cm³/mol. The molecule has 0 unspecified atom stereocenters. The largest absolute Gasteiger partial charge is 0.352 e. The third-order valence-corrected chi connectivity index (χ3v) is 6.06. The Labute approximate surface area is 187 Å². The van der Waals surface area contributed by atoms with Gasteiger partial charge >= 0.3 is 0 Å². The van der Waals surface area contributed by atoms with Crippen LogP contribution in [0.1, 0.15) is 44.7 Å². The quantitative estimate of drug-likeness (QED) is 0.531. The van der Waals surface area contributed by atoms with Crippen molar-refractivity contribution in [2.75, 3.05) is 5.75 Å². The number of hydrogen-bond acceptors (Lipinski definition) is 3. The zero-order chi connectivity index (χ0) is 22.8. The van der Waals surface area contributed by atoms with Crippen LogP contribution in [-0.4, -0.2) is 34.6 Å². The highest BCUT2D eigenvalue weighted by atomic mass is 32.2. The minimum atomic E-state index is -0.638. The molecule has 0 aliphatic heterocycles. The summed E-state index contributed by atoms with van der Waals surface area (Å²) in [4.78, 5) is 27.5. The molecule has 0 fully saturated rings. The van der Waals surface area contributed by atoms with E-state index in [1.807, 2.05) is 20.8 Å². The summed E-state index contributed by atoms with van der Waals surface area (Å²) in [5.74, 6) is -0.599. The van der Waals surface area contributed by atoms with Crippen molar-refractivity contribution in [3.8, 4) is 0 Å². The predicted octanol–water partition coefficient (Wildman–Crippen LogP) is 4.92. The summed E-state index contributed by atoms with van der Waals surface area (Å²) in [5, 5.41) is 2.95. The zero-order valence-corrected chi connectivity index (χ0v) is 19.1. The maximum absolute atomic E-state index is 13.8. The number of thioether (sulfide) groups is 1. The first-order valence-corrected chi connectivity index (χ1v) is 11.7. The normalized spacial score (nSPS) is 12.8. The van der Waals surface area contributed by atoms with E-state index in [2.05, 4.69) is 5.32 Å². The fraction of sp³-hybridized carbons (Fsp3) is 0.417. The Morgan fingerprint density at radius 1 is 1.03 bits per heavy atom. The topological polar surface area (TPSA) is 49.4 Å². The number of halogens is 2. The number of amides is 2. The van der Waals surface area contributed by atoms with E-state index >= 15 is 0 Å². The van der Waals surface area contributed by atoms with Gasteiger partial charge in [-0.15, -0.1) is 11.8 Å². The van der Waals surface area contributed by atoms with Gasteiger partial charge in [0.2, 0.25) is 11.8 Å². The molecule has 2 rings (SSSR count). The van der Waals surface area contributed by atoms with E-state index in [4.69, 9.17) is 0 Å². The smallest absolute Gasteiger partial charge is 0.243 e. The van der Waals surface area contributed by atoms with Gasteiger partial charge in [0, 0.05) is 18.3 Å². The van der Waals surface area contributed by atoms with E-state index in [0.29, 0.717) is 17.7 Å². The third-order valence-electron chi connectivity index (χ3n) is 5.09. The Morgan fingerprint density at radius 3 is 2.32 bits per heavy atom. The molecule has 2 aromatic carbocycles. The molecule has 1 N–H and O–H groups in total. The van der Waals surface area contributed by atoms with Crippen LogP contribution in [0.4, 0.5) is 8.78 Å². The molecule has 0 aliphatic carbocycles. The molecule has 2 atom stereocenters. The third kappa shape index (κ3) is 7.65. The first-order valence-electron chi connectivity index (χ1n) is 10.5. The number of rotatable bonds is 11. The molecule has 0 heterocycles. The number of nitrogens with one attached hydrogen (secondary N) is 1. The second kappa shape index (κ2) is 12.4. The van der Waals surface area contributed by atoms with Crippen molar-refractivity contribution in [1.82, 2.24) is 10.2 Å². The number of hydrogen-bond donors (Lipinski definition) is 1. The van der Waals surface area contributed by atoms with Gasteiger partial charge in [0.25, 0.3) is 0 Å². The van der Waals surface area contributed by atoms with Gasteiger partial charge in [0.1, 0.15) is 17.7 Å². The van der Waals surface area contributed by atoms with Gasteiger partial charge in [0.15, 0.2) is 0 Å². The van der Waals surface area contributed by atoms with Gasteiger partial charge in [-0.1, -0.05) is 44.2 Å². The van der Waals surface area contributed by atoms with Crippen LogP contribution in [0.25, 0.3) is 0 Å². The molecule has 0 aliphatic rings. The summed E-state index contributed by atoms with van der Waals surface area (Å²) in [6.07, 6.45) is 1.24. The Bertz CT molecular complexity index is 861. The highest BCUT2D eigenvalue weighted by molar-refractivity contribution is 7.99. The fourth-order valence-corrected chi connectivity index (χ4v) is 3.99. The number of carbonyl (C=O) groups excluding carboxylic acids is 2. The van der Waals surface area contributed by atoms with Gasteiger partial charge < -0.3 is 10.2 Å². The maximum atomic E-state index is 13.8. The van der Waals surface area contributed by atoms with Gasteiger partial charge in [-0.2, -0.15) is 0 Å². The summed E-state index contributed by atoms with van der Waals surface area (Å²) in [6, 6.07) is 11.7. The first kappa shape index (κ1) is 24.9. The van der Waals surface area contributed by atoms with Crippen molar-refractivity contribution < 1.29 is 18.4 Å². The number of nitrogens with zero attached hydrogens (tertiary/aromatic N) is 1. The average Bonchev–Trinajstić information content (AvgIpc) is 2.76. The van der Waals surface area contributed by atoms with E-state index in [9.17, 15) is 18.4 Å². The summed E-state index contributed by atoms with van der Waals surface area (Å²) < 4.78 is 27.1. The van der Waals surface area contributed by atoms with E-state index in [1.54, 1.807) is 35.2 Å². The summed E-state index contributed by atoms with van der Waals surface area (Å²) in [5.41, 5.74) is 1.27. The van der Waals surface area contributed by atoms with Gasteiger partial charge in [-0.3, -0.25) is 9.59 Å². The number of carbonyl (C=O) groups is 2. The van der Waals surface area contributed by atoms with E-state index < -0.39 is 6.04 Å². The van der Waals surface area contributed by atoms with Crippen LogP contribution in [0, 0.1) is 11.6 Å². The second-order valence-corrected chi connectivity index (χ2v) is 8.46. The molecule has 4 nitrogen and oxygen atoms in total. The van der Waals surface area contributed by atoms with Crippen LogP contribution in [0.5, 0.6) is 0 Å². The molecule has 2 amide bonds. The van der Waals surface area contributed by atoms with Crippen molar-refractivity contribution in [1.29, 1.82) is 0 Å². The second-order valence-electron chi connectivity index (χ2n) is 7.47. The Kier molecular flexibility index (Phi) is 9.98. The lowest BCUT2D eigenvalue weighted by Crippen LogP contribution is -2.51. The number of benzene rings is 2. The Balaban J connectivity index is 2.14. The fourth-order valence-electron chi connectivity index (χ4n) is 3.09. The highest BCUT2D eigenvalue weighted by Gasteiger charge is 2.29. The molecule has 0 aromatic heterocycles. The van der Waals surface area contributed by atoms with E-state index in [-0.39, 0.29) is 41.8 Å². The summed E-state index contributed by atoms with van der Waals surface area (Å²) in [6.45, 7) is 5.96. The van der Waals surface area contributed by atoms with Gasteiger partial charge in [-0.25, -0.2) is 8.78 Å².